The zero-order chi connectivity index (χ0) is 17.2. The fourth-order valence-corrected chi connectivity index (χ4v) is 4.49. The minimum absolute atomic E-state index is 0.0251. The summed E-state index contributed by atoms with van der Waals surface area (Å²) in [6.45, 7) is 0. The summed E-state index contributed by atoms with van der Waals surface area (Å²) in [5, 5.41) is 0.781. The van der Waals surface area contributed by atoms with E-state index in [2.05, 4.69) is 15.0 Å². The van der Waals surface area contributed by atoms with Gasteiger partial charge in [0.05, 0.1) is 21.7 Å². The van der Waals surface area contributed by atoms with E-state index in [0.29, 0.717) is 11.4 Å². The van der Waals surface area contributed by atoms with Crippen LogP contribution in [-0.4, -0.2) is 26.5 Å². The van der Waals surface area contributed by atoms with Crippen LogP contribution < -0.4 is 0 Å². The van der Waals surface area contributed by atoms with Crippen molar-refractivity contribution in [2.45, 2.75) is 5.03 Å². The third-order valence-electron chi connectivity index (χ3n) is 3.65. The van der Waals surface area contributed by atoms with Crippen molar-refractivity contribution in [2.75, 3.05) is 5.75 Å². The Labute approximate surface area is 151 Å². The number of hydrogen-bond donors (Lipinski definition) is 1. The Hall–Kier alpha value is -2.51. The molecule has 0 atom stereocenters. The highest BCUT2D eigenvalue weighted by Crippen LogP contribution is 2.37. The van der Waals surface area contributed by atoms with E-state index < -0.39 is 0 Å². The number of benzene rings is 1. The van der Waals surface area contributed by atoms with Crippen LogP contribution in [0.1, 0.15) is 10.5 Å². The number of H-pyrrole nitrogens is 1. The van der Waals surface area contributed by atoms with Gasteiger partial charge >= 0.3 is 0 Å². The second-order valence-electron chi connectivity index (χ2n) is 5.31. The number of nitrogens with one attached hydrogen (secondary N) is 1. The smallest absolute Gasteiger partial charge is 0.189 e. The summed E-state index contributed by atoms with van der Waals surface area (Å²) in [5.74, 6) is 0.0666. The minimum Gasteiger partial charge on any atom is -0.359 e. The van der Waals surface area contributed by atoms with Gasteiger partial charge in [0, 0.05) is 11.1 Å². The van der Waals surface area contributed by atoms with Crippen molar-refractivity contribution in [3.05, 3.63) is 66.5 Å². The molecule has 0 unspecified atom stereocenters. The maximum Gasteiger partial charge on any atom is 0.189 e. The second-order valence-corrected chi connectivity index (χ2v) is 7.32. The van der Waals surface area contributed by atoms with Crippen molar-refractivity contribution in [3.8, 4) is 10.4 Å². The van der Waals surface area contributed by atoms with Crippen molar-refractivity contribution in [1.82, 2.24) is 15.0 Å². The van der Waals surface area contributed by atoms with Crippen LogP contribution in [0, 0.1) is 5.82 Å². The molecule has 4 nitrogen and oxygen atoms in total. The number of Topliss-reactive ketones (excluding diaryl/α,β-unsaturated/α-hetero) is 1. The van der Waals surface area contributed by atoms with Crippen molar-refractivity contribution in [2.24, 2.45) is 0 Å². The molecule has 0 radical (unpaired) electrons. The normalized spacial score (nSPS) is 11.1. The van der Waals surface area contributed by atoms with Crippen LogP contribution in [0.25, 0.3) is 20.7 Å². The van der Waals surface area contributed by atoms with Gasteiger partial charge in [0.2, 0.25) is 0 Å². The van der Waals surface area contributed by atoms with Crippen LogP contribution in [0.5, 0.6) is 0 Å². The third-order valence-corrected chi connectivity index (χ3v) is 5.94. The van der Waals surface area contributed by atoms with Crippen molar-refractivity contribution in [1.29, 1.82) is 0 Å². The number of halogens is 1. The number of hydrogen-bond acceptors (Lipinski definition) is 5. The highest BCUT2D eigenvalue weighted by molar-refractivity contribution is 8.00. The largest absolute Gasteiger partial charge is 0.359 e. The first-order valence-electron chi connectivity index (χ1n) is 7.50. The van der Waals surface area contributed by atoms with E-state index in [0.717, 1.165) is 25.7 Å². The predicted octanol–water partition coefficient (Wildman–Crippen LogP) is 4.80. The lowest BCUT2D eigenvalue weighted by molar-refractivity contribution is 0.101. The van der Waals surface area contributed by atoms with Crippen LogP contribution in [0.15, 0.2) is 60.0 Å². The van der Waals surface area contributed by atoms with Gasteiger partial charge in [0.15, 0.2) is 5.78 Å². The molecule has 0 amide bonds. The van der Waals surface area contributed by atoms with E-state index in [1.165, 1.54) is 30.2 Å². The fraction of sp³-hybridized carbons (Fsp3) is 0.0556. The molecule has 25 heavy (non-hydrogen) atoms. The average Bonchev–Trinajstić information content (AvgIpc) is 3.30. The van der Waals surface area contributed by atoms with Crippen molar-refractivity contribution in [3.63, 3.8) is 0 Å². The van der Waals surface area contributed by atoms with Gasteiger partial charge in [-0.3, -0.25) is 4.79 Å². The highest BCUT2D eigenvalue weighted by Gasteiger charge is 2.13. The molecule has 0 aliphatic rings. The zero-order valence-electron chi connectivity index (χ0n) is 12.9. The van der Waals surface area contributed by atoms with E-state index in [1.54, 1.807) is 41.8 Å². The summed E-state index contributed by atoms with van der Waals surface area (Å²) < 4.78 is 14.0. The van der Waals surface area contributed by atoms with Gasteiger partial charge in [-0.2, -0.15) is 0 Å². The predicted molar refractivity (Wildman–Crippen MR) is 98.7 cm³/mol. The molecule has 3 aromatic heterocycles. The third kappa shape index (κ3) is 3.33. The van der Waals surface area contributed by atoms with Crippen LogP contribution in [0.3, 0.4) is 0 Å². The molecule has 0 saturated carbocycles. The number of carbonyl (C=O) groups is 1. The summed E-state index contributed by atoms with van der Waals surface area (Å²) in [5.41, 5.74) is 2.35. The van der Waals surface area contributed by atoms with Crippen LogP contribution >= 0.6 is 23.1 Å². The number of thiophene rings is 1. The molecule has 0 aliphatic carbocycles. The number of ketones is 1. The van der Waals surface area contributed by atoms with Gasteiger partial charge in [-0.25, -0.2) is 14.4 Å². The molecule has 0 bridgehead atoms. The molecule has 124 valence electrons. The lowest BCUT2D eigenvalue weighted by Crippen LogP contribution is -2.02. The molecule has 0 aliphatic heterocycles. The fourth-order valence-electron chi connectivity index (χ4n) is 2.41. The molecular weight excluding hydrogens is 357 g/mol. The number of nitrogens with zero attached hydrogens (tertiary/aromatic N) is 2. The molecule has 3 heterocycles. The number of aromatic amines is 1. The molecule has 0 saturated heterocycles. The van der Waals surface area contributed by atoms with Gasteiger partial charge in [-0.15, -0.1) is 11.3 Å². The summed E-state index contributed by atoms with van der Waals surface area (Å²) >= 11 is 2.94. The zero-order valence-corrected chi connectivity index (χ0v) is 14.5. The van der Waals surface area contributed by atoms with Gasteiger partial charge in [-0.1, -0.05) is 23.9 Å². The SMILES string of the molecule is O=C(CSc1ncnc2cc(-c3ccc(F)cc3)sc12)c1ccc[nH]1. The average molecular weight is 369 g/mol. The second kappa shape index (κ2) is 6.78. The molecular formula is C18H12FN3OS2. The van der Waals surface area contributed by atoms with E-state index >= 15 is 0 Å². The monoisotopic (exact) mass is 369 g/mol. The molecule has 0 fully saturated rings. The summed E-state index contributed by atoms with van der Waals surface area (Å²) in [6, 6.07) is 11.9. The Morgan fingerprint density at radius 2 is 2.04 bits per heavy atom. The maximum atomic E-state index is 13.1. The van der Waals surface area contributed by atoms with Gasteiger partial charge in [0.1, 0.15) is 17.2 Å². The summed E-state index contributed by atoms with van der Waals surface area (Å²) in [6.07, 6.45) is 3.24. The van der Waals surface area contributed by atoms with Crippen molar-refractivity contribution >= 4 is 39.1 Å². The number of fused-ring (bicyclic) bond motifs is 1. The van der Waals surface area contributed by atoms with Crippen molar-refractivity contribution < 1.29 is 9.18 Å². The summed E-state index contributed by atoms with van der Waals surface area (Å²) in [7, 11) is 0. The van der Waals surface area contributed by atoms with E-state index in [4.69, 9.17) is 0 Å². The van der Waals surface area contributed by atoms with E-state index in [-0.39, 0.29) is 11.6 Å². The Kier molecular flexibility index (Phi) is 4.33. The Morgan fingerprint density at radius 1 is 1.20 bits per heavy atom. The Bertz CT molecular complexity index is 1030. The number of aromatic nitrogens is 3. The van der Waals surface area contributed by atoms with Gasteiger partial charge < -0.3 is 4.98 Å². The molecule has 1 aromatic carbocycles. The first-order chi connectivity index (χ1) is 12.2. The van der Waals surface area contributed by atoms with Gasteiger partial charge in [0.25, 0.3) is 0 Å². The lowest BCUT2D eigenvalue weighted by atomic mass is 10.2. The molecule has 4 aromatic rings. The molecule has 7 heteroatoms. The Morgan fingerprint density at radius 3 is 2.80 bits per heavy atom. The van der Waals surface area contributed by atoms with E-state index in [9.17, 15) is 9.18 Å². The summed E-state index contributed by atoms with van der Waals surface area (Å²) in [4.78, 5) is 24.7. The highest BCUT2D eigenvalue weighted by atomic mass is 32.2. The molecule has 1 N–H and O–H groups in total. The van der Waals surface area contributed by atoms with Crippen LogP contribution in [0.4, 0.5) is 4.39 Å². The quantitative estimate of drug-likeness (QED) is 0.312. The van der Waals surface area contributed by atoms with E-state index in [1.807, 2.05) is 6.07 Å². The topological polar surface area (TPSA) is 58.6 Å². The molecule has 0 spiro atoms. The first kappa shape index (κ1) is 16.0. The number of carbonyl (C=O) groups excluding carboxylic acids is 1. The number of thioether (sulfide) groups is 1. The molecule has 4 rings (SSSR count). The van der Waals surface area contributed by atoms with Gasteiger partial charge in [-0.05, 0) is 35.9 Å². The van der Waals surface area contributed by atoms with Crippen LogP contribution in [-0.2, 0) is 0 Å². The lowest BCUT2D eigenvalue weighted by Gasteiger charge is -2.00. The maximum absolute atomic E-state index is 13.1. The van der Waals surface area contributed by atoms with Crippen LogP contribution in [0.2, 0.25) is 0 Å². The Balaban J connectivity index is 1.61. The first-order valence-corrected chi connectivity index (χ1v) is 9.31. The number of rotatable bonds is 5. The minimum atomic E-state index is -0.260. The standard InChI is InChI=1S/C18H12FN3OS2/c19-12-5-3-11(4-6-12)16-8-14-17(25-16)18(22-10-21-14)24-9-15(23)13-2-1-7-20-13/h1-8,10,20H,9H2.